The Balaban J connectivity index is 0.000000240. The summed E-state index contributed by atoms with van der Waals surface area (Å²) in [5.41, 5.74) is 3.59. The first kappa shape index (κ1) is 52.5. The van der Waals surface area contributed by atoms with Crippen LogP contribution in [0.1, 0.15) is 36.1 Å². The van der Waals surface area contributed by atoms with Gasteiger partial charge in [0.2, 0.25) is 5.91 Å². The number of nitrogens with zero attached hydrogens (tertiary/aromatic N) is 4. The van der Waals surface area contributed by atoms with Gasteiger partial charge < -0.3 is 28.6 Å². The van der Waals surface area contributed by atoms with Gasteiger partial charge in [-0.3, -0.25) is 45.1 Å². The number of carbonyl (C=O) groups is 6. The van der Waals surface area contributed by atoms with E-state index in [1.54, 1.807) is 62.4 Å². The Morgan fingerprint density at radius 1 is 0.690 bits per heavy atom. The second kappa shape index (κ2) is 24.6. The van der Waals surface area contributed by atoms with E-state index in [-0.39, 0.29) is 57.1 Å². The molecule has 0 aliphatic carbocycles. The lowest BCUT2D eigenvalue weighted by Gasteiger charge is -2.37. The average Bonchev–Trinajstić information content (AvgIpc) is 3.93. The van der Waals surface area contributed by atoms with E-state index in [4.69, 9.17) is 34.5 Å². The maximum Gasteiger partial charge on any atom is 0.414 e. The topological polar surface area (TPSA) is 277 Å². The molecule has 0 bridgehead atoms. The molecule has 3 unspecified atom stereocenters. The van der Waals surface area contributed by atoms with Crippen LogP contribution in [0.5, 0.6) is 0 Å². The van der Waals surface area contributed by atoms with Gasteiger partial charge in [-0.05, 0) is 73.5 Å². The number of amides is 5. The van der Waals surface area contributed by atoms with Crippen LogP contribution >= 0.6 is 0 Å². The molecule has 3 fully saturated rings. The van der Waals surface area contributed by atoms with Crippen LogP contribution in [0.2, 0.25) is 0 Å². The van der Waals surface area contributed by atoms with Crippen molar-refractivity contribution in [3.8, 4) is 0 Å². The Kier molecular flexibility index (Phi) is 18.2. The fourth-order valence-electron chi connectivity index (χ4n) is 7.31. The largest absolute Gasteiger partial charge is 0.464 e. The number of piperazine rings is 1. The zero-order valence-corrected chi connectivity index (χ0v) is 39.9. The lowest BCUT2D eigenvalue weighted by Crippen LogP contribution is -2.56. The third-order valence-corrected chi connectivity index (χ3v) is 11.5. The Morgan fingerprint density at radius 3 is 1.61 bits per heavy atom. The van der Waals surface area contributed by atoms with Crippen molar-refractivity contribution in [1.82, 2.24) is 20.4 Å². The van der Waals surface area contributed by atoms with Crippen molar-refractivity contribution in [2.75, 3.05) is 68.5 Å². The minimum absolute atomic E-state index is 0.0835. The molecule has 22 nitrogen and oxygen atoms in total. The molecule has 5 amide bonds. The fourth-order valence-corrected chi connectivity index (χ4v) is 7.71. The van der Waals surface area contributed by atoms with Gasteiger partial charge >= 0.3 is 30.3 Å². The van der Waals surface area contributed by atoms with Crippen LogP contribution < -0.4 is 20.4 Å². The number of nitrogens with one attached hydrogen (secondary N) is 4. The standard InChI is InChI=1S/C28H33N5O7.C20H21N3O7S/c1-3-38-26(35)19(2)32-14-13-31(17-24(32)34)15-23-16-33(28(37)40-23)22-11-9-21(10-12-22)25(29)30-27(36)39-18-20-7-5-4-6-8-20;1-31(26,27)29-13-17-11-23(20(25)30-17)16-9-7-15(8-10-16)18(21)22-19(24)28-12-14-5-3-2-4-6-14/h4-12,19,23H,3,13-18H2,1-2H3,(H2,29,30,36);2-10,17H,11-13H2,1H3,(H2,21,22,24). The highest BCUT2D eigenvalue weighted by Gasteiger charge is 2.37. The van der Waals surface area contributed by atoms with Crippen molar-refractivity contribution >= 4 is 69.4 Å². The number of alkyl carbamates (subject to hydrolysis) is 2. The minimum atomic E-state index is -3.63. The first-order valence-electron chi connectivity index (χ1n) is 22.3. The summed E-state index contributed by atoms with van der Waals surface area (Å²) >= 11 is 0. The van der Waals surface area contributed by atoms with Crippen LogP contribution in [0.4, 0.5) is 30.6 Å². The monoisotopic (exact) mass is 998 g/mol. The normalized spacial score (nSPS) is 17.2. The Hall–Kier alpha value is -7.89. The highest BCUT2D eigenvalue weighted by atomic mass is 32.2. The zero-order valence-electron chi connectivity index (χ0n) is 39.1. The van der Waals surface area contributed by atoms with Gasteiger partial charge in [-0.2, -0.15) is 8.42 Å². The molecule has 3 heterocycles. The maximum atomic E-state index is 12.6. The van der Waals surface area contributed by atoms with Crippen molar-refractivity contribution in [2.45, 2.75) is 45.3 Å². The second-order valence-corrected chi connectivity index (χ2v) is 17.8. The summed E-state index contributed by atoms with van der Waals surface area (Å²) in [7, 11) is -3.63. The molecule has 71 heavy (non-hydrogen) atoms. The molecule has 3 aliphatic rings. The lowest BCUT2D eigenvalue weighted by atomic mass is 10.1. The van der Waals surface area contributed by atoms with E-state index in [0.717, 1.165) is 17.4 Å². The molecular formula is C48H54N8O14S. The predicted octanol–water partition coefficient (Wildman–Crippen LogP) is 4.60. The van der Waals surface area contributed by atoms with Gasteiger partial charge in [-0.25, -0.2) is 24.0 Å². The molecule has 3 atom stereocenters. The first-order chi connectivity index (χ1) is 34.0. The van der Waals surface area contributed by atoms with Crippen molar-refractivity contribution in [3.63, 3.8) is 0 Å². The van der Waals surface area contributed by atoms with Crippen LogP contribution in [-0.4, -0.2) is 143 Å². The van der Waals surface area contributed by atoms with E-state index in [2.05, 4.69) is 14.8 Å². The van der Waals surface area contributed by atoms with Crippen LogP contribution in [-0.2, 0) is 60.8 Å². The smallest absolute Gasteiger partial charge is 0.414 e. The molecule has 7 rings (SSSR count). The summed E-state index contributed by atoms with van der Waals surface area (Å²) in [6.45, 7) is 5.39. The number of benzene rings is 4. The predicted molar refractivity (Wildman–Crippen MR) is 256 cm³/mol. The van der Waals surface area contributed by atoms with Crippen LogP contribution in [0.3, 0.4) is 0 Å². The van der Waals surface area contributed by atoms with Gasteiger partial charge in [0, 0.05) is 42.1 Å². The van der Waals surface area contributed by atoms with Crippen molar-refractivity contribution in [3.05, 3.63) is 131 Å². The average molecular weight is 999 g/mol. The van der Waals surface area contributed by atoms with Crippen LogP contribution in [0.25, 0.3) is 0 Å². The highest BCUT2D eigenvalue weighted by Crippen LogP contribution is 2.25. The summed E-state index contributed by atoms with van der Waals surface area (Å²) in [4.78, 5) is 79.4. The molecule has 0 spiro atoms. The second-order valence-electron chi connectivity index (χ2n) is 16.2. The quantitative estimate of drug-likeness (QED) is 0.0393. The number of hydrogen-bond acceptors (Lipinski definition) is 17. The van der Waals surface area contributed by atoms with Gasteiger partial charge in [0.05, 0.1) is 32.5 Å². The number of ether oxygens (including phenoxy) is 5. The number of amidine groups is 2. The number of anilines is 2. The Morgan fingerprint density at radius 2 is 1.15 bits per heavy atom. The van der Waals surface area contributed by atoms with Crippen molar-refractivity contribution in [1.29, 1.82) is 10.8 Å². The Labute approximate surface area is 409 Å². The molecule has 0 aromatic heterocycles. The van der Waals surface area contributed by atoms with Gasteiger partial charge in [-0.15, -0.1) is 0 Å². The van der Waals surface area contributed by atoms with E-state index in [9.17, 15) is 37.2 Å². The van der Waals surface area contributed by atoms with Crippen LogP contribution in [0.15, 0.2) is 109 Å². The molecule has 3 saturated heterocycles. The van der Waals surface area contributed by atoms with Gasteiger partial charge in [0.15, 0.2) is 0 Å². The number of cyclic esters (lactones) is 2. The SMILES string of the molecule is CCOC(=O)C(C)N1CCN(CC2CN(c3ccc(C(=N)NC(=O)OCc4ccccc4)cc3)C(=O)O2)CC1=O.CS(=O)(=O)OCC1CN(c2ccc(C(=N)NC(=O)OCc3ccccc3)cc2)C(=O)O1. The Bertz CT molecular complexity index is 2660. The van der Waals surface area contributed by atoms with E-state index in [0.29, 0.717) is 48.7 Å². The van der Waals surface area contributed by atoms with Gasteiger partial charge in [0.25, 0.3) is 10.1 Å². The number of rotatable bonds is 16. The molecule has 3 aliphatic heterocycles. The third-order valence-electron chi connectivity index (χ3n) is 10.9. The van der Waals surface area contributed by atoms with Gasteiger partial charge in [0.1, 0.15) is 49.7 Å². The summed E-state index contributed by atoms with van der Waals surface area (Å²) in [5.74, 6) is -0.895. The molecular weight excluding hydrogens is 945 g/mol. The van der Waals surface area contributed by atoms with E-state index in [1.165, 1.54) is 14.7 Å². The number of carbonyl (C=O) groups excluding carboxylic acids is 6. The van der Waals surface area contributed by atoms with E-state index in [1.807, 2.05) is 65.6 Å². The molecule has 4 aromatic carbocycles. The minimum Gasteiger partial charge on any atom is -0.464 e. The third kappa shape index (κ3) is 15.6. The summed E-state index contributed by atoms with van der Waals surface area (Å²) in [5, 5.41) is 20.9. The number of hydrogen-bond donors (Lipinski definition) is 4. The maximum absolute atomic E-state index is 12.6. The summed E-state index contributed by atoms with van der Waals surface area (Å²) < 4.78 is 52.7. The summed E-state index contributed by atoms with van der Waals surface area (Å²) in [6.07, 6.45) is -2.87. The van der Waals surface area contributed by atoms with E-state index >= 15 is 0 Å². The van der Waals surface area contributed by atoms with Crippen LogP contribution in [0, 0.1) is 10.8 Å². The number of esters is 1. The zero-order chi connectivity index (χ0) is 51.1. The molecule has 4 N–H and O–H groups in total. The van der Waals surface area contributed by atoms with E-state index < -0.39 is 58.7 Å². The molecule has 4 aromatic rings. The van der Waals surface area contributed by atoms with Gasteiger partial charge in [-0.1, -0.05) is 60.7 Å². The first-order valence-corrected chi connectivity index (χ1v) is 24.1. The fraction of sp³-hybridized carbons (Fsp3) is 0.333. The highest BCUT2D eigenvalue weighted by molar-refractivity contribution is 7.86. The summed E-state index contributed by atoms with van der Waals surface area (Å²) in [6, 6.07) is 30.6. The molecule has 23 heteroatoms. The molecule has 376 valence electrons. The van der Waals surface area contributed by atoms with Crippen molar-refractivity contribution < 1.29 is 65.1 Å². The lowest BCUT2D eigenvalue weighted by molar-refractivity contribution is -0.156. The molecule has 0 saturated carbocycles. The van der Waals surface area contributed by atoms with Crippen molar-refractivity contribution in [2.24, 2.45) is 0 Å². The molecule has 0 radical (unpaired) electrons.